The highest BCUT2D eigenvalue weighted by Gasteiger charge is 2.39. The largest absolute Gasteiger partial charge is 0.396 e. The predicted molar refractivity (Wildman–Crippen MR) is 131 cm³/mol. The number of aryl methyl sites for hydroxylation is 1. The van der Waals surface area contributed by atoms with Crippen LogP contribution in [0.3, 0.4) is 0 Å². The van der Waals surface area contributed by atoms with Crippen LogP contribution >= 0.6 is 25.4 Å². The van der Waals surface area contributed by atoms with E-state index in [9.17, 15) is 5.11 Å². The van der Waals surface area contributed by atoms with Crippen molar-refractivity contribution >= 4 is 25.4 Å². The first kappa shape index (κ1) is 24.4. The van der Waals surface area contributed by atoms with Gasteiger partial charge in [-0.25, -0.2) is 0 Å². The first-order valence-electron chi connectivity index (χ1n) is 10.8. The van der Waals surface area contributed by atoms with E-state index in [-0.39, 0.29) is 6.10 Å². The zero-order valence-electron chi connectivity index (χ0n) is 17.8. The van der Waals surface area contributed by atoms with Crippen molar-refractivity contribution < 1.29 is 9.63 Å². The molecule has 1 aromatic carbocycles. The van der Waals surface area contributed by atoms with Crippen LogP contribution in [0.1, 0.15) is 57.1 Å². The highest BCUT2D eigenvalue weighted by atomic mass is 32.4. The van der Waals surface area contributed by atoms with Gasteiger partial charge < -0.3 is 9.63 Å². The third-order valence-electron chi connectivity index (χ3n) is 6.12. The average Bonchev–Trinajstić information content (AvgIpc) is 2.94. The molecule has 1 aliphatic rings. The maximum Gasteiger partial charge on any atom is 0.0807 e. The van der Waals surface area contributed by atoms with Crippen LogP contribution in [-0.2, 0) is 10.9 Å². The summed E-state index contributed by atoms with van der Waals surface area (Å²) in [7, 11) is 5.05. The molecule has 7 atom stereocenters. The molecule has 1 saturated carbocycles. The van der Waals surface area contributed by atoms with Crippen molar-refractivity contribution in [3.8, 4) is 0 Å². The van der Waals surface area contributed by atoms with E-state index in [2.05, 4.69) is 75.0 Å². The normalized spacial score (nSPS) is 26.4. The fraction of sp³-hybridized carbons (Fsp3) is 0.652. The van der Waals surface area contributed by atoms with Gasteiger partial charge in [0.25, 0.3) is 0 Å². The second-order valence-corrected chi connectivity index (χ2v) is 14.2. The van der Waals surface area contributed by atoms with Crippen molar-refractivity contribution in [2.75, 3.05) is 6.61 Å². The molecule has 0 radical (unpaired) electrons. The third kappa shape index (κ3) is 7.78. The molecule has 158 valence electrons. The summed E-state index contributed by atoms with van der Waals surface area (Å²) in [6.45, 7) is 7.04. The van der Waals surface area contributed by atoms with Crippen molar-refractivity contribution in [1.29, 1.82) is 0 Å². The van der Waals surface area contributed by atoms with Crippen LogP contribution in [0.2, 0.25) is 0 Å². The Labute approximate surface area is 178 Å². The Morgan fingerprint density at radius 3 is 2.75 bits per heavy atom. The molecule has 0 heterocycles. The van der Waals surface area contributed by atoms with E-state index in [1.54, 1.807) is 0 Å². The van der Waals surface area contributed by atoms with Gasteiger partial charge in [-0.05, 0) is 55.4 Å². The minimum atomic E-state index is -0.520. The van der Waals surface area contributed by atoms with E-state index >= 15 is 0 Å². The second kappa shape index (κ2) is 12.8. The van der Waals surface area contributed by atoms with E-state index in [1.807, 2.05) is 0 Å². The Bertz CT molecular complexity index is 605. The SMILES string of the molecule is CCCCC[C@@H](/C=C/[C@@H]1[C@@H](Cc2cccc(C)c2)[C@@H](CO)C[C@H]1C)OP(P)P. The molecule has 2 nitrogen and oxygen atoms in total. The molecule has 1 aliphatic carbocycles. The van der Waals surface area contributed by atoms with Gasteiger partial charge in [-0.2, -0.15) is 0 Å². The molecule has 1 fully saturated rings. The molecule has 0 saturated heterocycles. The molecule has 1 aromatic rings. The van der Waals surface area contributed by atoms with Gasteiger partial charge >= 0.3 is 0 Å². The fourth-order valence-electron chi connectivity index (χ4n) is 4.69. The van der Waals surface area contributed by atoms with Gasteiger partial charge in [-0.3, -0.25) is 0 Å². The molecule has 1 N–H and O–H groups in total. The fourth-order valence-corrected chi connectivity index (χ4v) is 6.12. The van der Waals surface area contributed by atoms with Crippen LogP contribution in [-0.4, -0.2) is 17.8 Å². The number of hydrogen-bond donors (Lipinski definition) is 1. The quantitative estimate of drug-likeness (QED) is 0.230. The summed E-state index contributed by atoms with van der Waals surface area (Å²) >= 11 is 0. The van der Waals surface area contributed by atoms with Gasteiger partial charge in [0.2, 0.25) is 0 Å². The first-order valence-corrected chi connectivity index (χ1v) is 15.2. The Hall–Kier alpha value is 0.170. The van der Waals surface area contributed by atoms with Crippen molar-refractivity contribution in [2.45, 2.75) is 65.4 Å². The van der Waals surface area contributed by atoms with Crippen molar-refractivity contribution in [3.63, 3.8) is 0 Å². The number of rotatable bonds is 11. The highest BCUT2D eigenvalue weighted by molar-refractivity contribution is 8.41. The van der Waals surface area contributed by atoms with Gasteiger partial charge in [0.1, 0.15) is 0 Å². The van der Waals surface area contributed by atoms with Gasteiger partial charge in [0, 0.05) is 6.61 Å². The third-order valence-corrected chi connectivity index (χ3v) is 7.36. The van der Waals surface area contributed by atoms with Gasteiger partial charge in [0.05, 0.1) is 13.6 Å². The summed E-state index contributed by atoms with van der Waals surface area (Å²) in [5.74, 6) is 2.01. The zero-order chi connectivity index (χ0) is 20.5. The van der Waals surface area contributed by atoms with Gasteiger partial charge in [-0.15, -0.1) is 0 Å². The molecule has 2 rings (SSSR count). The van der Waals surface area contributed by atoms with Crippen molar-refractivity contribution in [3.05, 3.63) is 47.5 Å². The lowest BCUT2D eigenvalue weighted by Gasteiger charge is -2.24. The Kier molecular flexibility index (Phi) is 11.1. The maximum absolute atomic E-state index is 9.99. The first-order chi connectivity index (χ1) is 13.4. The maximum atomic E-state index is 9.99. The van der Waals surface area contributed by atoms with Crippen LogP contribution in [0.25, 0.3) is 0 Å². The number of aliphatic hydroxyl groups is 1. The number of allylic oxidation sites excluding steroid dienone is 1. The number of hydrogen-bond acceptors (Lipinski definition) is 2. The summed E-state index contributed by atoms with van der Waals surface area (Å²) in [6, 6.07) is 8.84. The van der Waals surface area contributed by atoms with E-state index in [4.69, 9.17) is 4.52 Å². The van der Waals surface area contributed by atoms with Crippen LogP contribution in [0.4, 0.5) is 0 Å². The average molecular weight is 440 g/mol. The smallest absolute Gasteiger partial charge is 0.0807 e. The molecule has 2 unspecified atom stereocenters. The molecule has 0 amide bonds. The molecule has 28 heavy (non-hydrogen) atoms. The highest BCUT2D eigenvalue weighted by Crippen LogP contribution is 2.55. The molecule has 0 aromatic heterocycles. The molecule has 0 aliphatic heterocycles. The van der Waals surface area contributed by atoms with Crippen molar-refractivity contribution in [2.24, 2.45) is 23.7 Å². The molecule has 5 heteroatoms. The van der Waals surface area contributed by atoms with E-state index < -0.39 is 7.53 Å². The number of unbranched alkanes of at least 4 members (excludes halogenated alkanes) is 2. The van der Waals surface area contributed by atoms with Crippen LogP contribution in [0, 0.1) is 30.6 Å². The Morgan fingerprint density at radius 2 is 2.11 bits per heavy atom. The minimum Gasteiger partial charge on any atom is -0.396 e. The van der Waals surface area contributed by atoms with E-state index in [0.29, 0.717) is 30.3 Å². The summed E-state index contributed by atoms with van der Waals surface area (Å²) < 4.78 is 6.17. The summed E-state index contributed by atoms with van der Waals surface area (Å²) in [5.41, 5.74) is 2.71. The number of aliphatic hydroxyl groups excluding tert-OH is 1. The zero-order valence-corrected chi connectivity index (χ0v) is 21.0. The molecule has 0 bridgehead atoms. The molecular weight excluding hydrogens is 401 g/mol. The van der Waals surface area contributed by atoms with Gasteiger partial charge in [0.15, 0.2) is 0 Å². The van der Waals surface area contributed by atoms with E-state index in [1.165, 1.54) is 30.4 Å². The standard InChI is InChI=1S/C23H39O2P3/c1-4-5-6-10-21(25-28(26)27)11-12-22-18(3)14-20(16-24)23(22)15-19-9-7-8-17(2)13-19/h7-9,11-13,18,20-24H,4-6,10,14-16,26-27H2,1-3H3/b12-11+/t18-,20-,21+,22+,23+/m1/s1. The van der Waals surface area contributed by atoms with Crippen LogP contribution < -0.4 is 0 Å². The van der Waals surface area contributed by atoms with Crippen LogP contribution in [0.15, 0.2) is 36.4 Å². The monoisotopic (exact) mass is 440 g/mol. The lowest BCUT2D eigenvalue weighted by molar-refractivity contribution is 0.185. The lowest BCUT2D eigenvalue weighted by atomic mass is 9.82. The van der Waals surface area contributed by atoms with Crippen molar-refractivity contribution in [1.82, 2.24) is 0 Å². The molecule has 0 spiro atoms. The lowest BCUT2D eigenvalue weighted by Crippen LogP contribution is -2.21. The van der Waals surface area contributed by atoms with Crippen LogP contribution in [0.5, 0.6) is 0 Å². The summed E-state index contributed by atoms with van der Waals surface area (Å²) in [5, 5.41) is 9.99. The molecular formula is C23H39O2P3. The Morgan fingerprint density at radius 1 is 1.32 bits per heavy atom. The van der Waals surface area contributed by atoms with E-state index in [0.717, 1.165) is 19.3 Å². The minimum absolute atomic E-state index is 0.202. The second-order valence-electron chi connectivity index (χ2n) is 8.47. The Balaban J connectivity index is 2.12. The summed E-state index contributed by atoms with van der Waals surface area (Å²) in [6.07, 6.45) is 11.9. The summed E-state index contributed by atoms with van der Waals surface area (Å²) in [4.78, 5) is 0. The topological polar surface area (TPSA) is 29.5 Å². The number of benzene rings is 1. The van der Waals surface area contributed by atoms with Gasteiger partial charge in [-0.1, -0.05) is 92.9 Å². The predicted octanol–water partition coefficient (Wildman–Crippen LogP) is 6.92.